The van der Waals surface area contributed by atoms with Crippen molar-refractivity contribution in [1.82, 2.24) is 4.57 Å². The summed E-state index contributed by atoms with van der Waals surface area (Å²) in [6, 6.07) is 12.5. The molecule has 0 amide bonds. The Hall–Kier alpha value is -2.36. The van der Waals surface area contributed by atoms with Gasteiger partial charge in [-0.3, -0.25) is 10.1 Å². The van der Waals surface area contributed by atoms with Crippen LogP contribution in [0.3, 0.4) is 0 Å². The molecular formula is C21H23BrFN3O3S. The van der Waals surface area contributed by atoms with E-state index in [-0.39, 0.29) is 35.1 Å². The summed E-state index contributed by atoms with van der Waals surface area (Å²) in [5, 5.41) is 21.8. The van der Waals surface area contributed by atoms with Gasteiger partial charge in [-0.15, -0.1) is 28.3 Å². The lowest BCUT2D eigenvalue weighted by Crippen LogP contribution is -2.16. The summed E-state index contributed by atoms with van der Waals surface area (Å²) in [5.41, 5.74) is 2.53. The van der Waals surface area contributed by atoms with Crippen LogP contribution in [-0.4, -0.2) is 21.2 Å². The maximum Gasteiger partial charge on any atom is 0.269 e. The number of nitrogens with zero attached hydrogens (tertiary/aromatic N) is 3. The van der Waals surface area contributed by atoms with Gasteiger partial charge in [0.1, 0.15) is 5.82 Å². The lowest BCUT2D eigenvalue weighted by molar-refractivity contribution is -0.384. The molecule has 3 rings (SSSR count). The van der Waals surface area contributed by atoms with Crippen molar-refractivity contribution in [2.75, 3.05) is 6.61 Å². The van der Waals surface area contributed by atoms with Crippen LogP contribution in [0, 0.1) is 15.9 Å². The van der Waals surface area contributed by atoms with Gasteiger partial charge in [0.15, 0.2) is 4.80 Å². The van der Waals surface area contributed by atoms with Gasteiger partial charge in [-0.1, -0.05) is 12.8 Å². The van der Waals surface area contributed by atoms with Crippen LogP contribution in [0.4, 0.5) is 15.8 Å². The molecule has 0 unspecified atom stereocenters. The molecule has 0 radical (unpaired) electrons. The Morgan fingerprint density at radius 2 is 1.70 bits per heavy atom. The van der Waals surface area contributed by atoms with Crippen molar-refractivity contribution < 1.29 is 14.4 Å². The Labute approximate surface area is 188 Å². The van der Waals surface area contributed by atoms with Gasteiger partial charge >= 0.3 is 0 Å². The molecule has 0 aliphatic rings. The Morgan fingerprint density at radius 1 is 1.03 bits per heavy atom. The molecule has 30 heavy (non-hydrogen) atoms. The first-order valence-electron chi connectivity index (χ1n) is 9.43. The van der Waals surface area contributed by atoms with E-state index in [1.54, 1.807) is 24.3 Å². The highest BCUT2D eigenvalue weighted by Gasteiger charge is 2.11. The minimum absolute atomic E-state index is 0. The number of halogens is 2. The summed E-state index contributed by atoms with van der Waals surface area (Å²) in [6.45, 7) is 0.937. The fourth-order valence-corrected chi connectivity index (χ4v) is 3.94. The predicted molar refractivity (Wildman–Crippen MR) is 122 cm³/mol. The number of rotatable bonds is 9. The number of hydrogen-bond donors (Lipinski definition) is 1. The molecular weight excluding hydrogens is 473 g/mol. The second-order valence-corrected chi connectivity index (χ2v) is 7.42. The van der Waals surface area contributed by atoms with Gasteiger partial charge in [-0.25, -0.2) is 9.38 Å². The number of non-ortho nitro benzene ring substituents is 1. The fraction of sp³-hybridized carbons (Fsp3) is 0.286. The van der Waals surface area contributed by atoms with E-state index < -0.39 is 4.92 Å². The number of nitro benzene ring substituents is 1. The van der Waals surface area contributed by atoms with Crippen molar-refractivity contribution >= 4 is 39.7 Å². The molecule has 0 saturated heterocycles. The zero-order valence-corrected chi connectivity index (χ0v) is 18.8. The lowest BCUT2D eigenvalue weighted by Gasteiger charge is -2.09. The molecule has 1 heterocycles. The summed E-state index contributed by atoms with van der Waals surface area (Å²) >= 11 is 1.48. The summed E-state index contributed by atoms with van der Waals surface area (Å²) in [5.74, 6) is -0.307. The van der Waals surface area contributed by atoms with E-state index >= 15 is 0 Å². The third-order valence-corrected chi connectivity index (χ3v) is 5.38. The molecule has 1 aromatic heterocycles. The highest BCUT2D eigenvalue weighted by molar-refractivity contribution is 8.93. The lowest BCUT2D eigenvalue weighted by atomic mass is 10.1. The van der Waals surface area contributed by atoms with E-state index in [4.69, 9.17) is 5.11 Å². The van der Waals surface area contributed by atoms with Gasteiger partial charge in [0.2, 0.25) is 0 Å². The number of aliphatic hydroxyl groups excluding tert-OH is 1. The van der Waals surface area contributed by atoms with Crippen LogP contribution >= 0.6 is 28.3 Å². The number of hydrogen-bond acceptors (Lipinski definition) is 5. The van der Waals surface area contributed by atoms with Crippen LogP contribution in [-0.2, 0) is 6.54 Å². The zero-order chi connectivity index (χ0) is 20.6. The number of nitro groups is 1. The van der Waals surface area contributed by atoms with Crippen molar-refractivity contribution in [3.05, 3.63) is 74.6 Å². The van der Waals surface area contributed by atoms with Gasteiger partial charge in [-0.05, 0) is 54.8 Å². The van der Waals surface area contributed by atoms with E-state index in [9.17, 15) is 14.5 Å². The maximum atomic E-state index is 13.2. The van der Waals surface area contributed by atoms with E-state index in [1.165, 1.54) is 35.6 Å². The molecule has 0 fully saturated rings. The quantitative estimate of drug-likeness (QED) is 0.237. The van der Waals surface area contributed by atoms with E-state index in [1.807, 2.05) is 5.38 Å². The monoisotopic (exact) mass is 495 g/mol. The van der Waals surface area contributed by atoms with Gasteiger partial charge in [0.05, 0.1) is 16.3 Å². The topological polar surface area (TPSA) is 80.7 Å². The van der Waals surface area contributed by atoms with Gasteiger partial charge < -0.3 is 9.67 Å². The molecule has 3 aromatic rings. The largest absolute Gasteiger partial charge is 0.396 e. The Kier molecular flexibility index (Phi) is 9.35. The van der Waals surface area contributed by atoms with E-state index in [0.717, 1.165) is 48.3 Å². The average Bonchev–Trinajstić information content (AvgIpc) is 3.12. The molecule has 0 saturated carbocycles. The predicted octanol–water partition coefficient (Wildman–Crippen LogP) is 5.63. The highest BCUT2D eigenvalue weighted by atomic mass is 79.9. The van der Waals surface area contributed by atoms with Crippen molar-refractivity contribution in [2.24, 2.45) is 4.99 Å². The molecule has 0 bridgehead atoms. The second kappa shape index (κ2) is 11.7. The number of benzene rings is 2. The van der Waals surface area contributed by atoms with Crippen molar-refractivity contribution in [1.29, 1.82) is 0 Å². The first kappa shape index (κ1) is 23.9. The molecule has 6 nitrogen and oxygen atoms in total. The van der Waals surface area contributed by atoms with Crippen LogP contribution in [0.15, 0.2) is 58.9 Å². The van der Waals surface area contributed by atoms with Crippen LogP contribution in [0.1, 0.15) is 25.7 Å². The second-order valence-electron chi connectivity index (χ2n) is 6.59. The standard InChI is InChI=1S/C21H22FN3O3S.BrH/c22-17-7-9-18(10-8-17)23-21-24(13-3-1-2-4-14-26)20(15-29-21)16-5-11-19(12-6-16)25(27)28;/h5-12,15,26H,1-4,13-14H2;1H. The molecule has 0 atom stereocenters. The minimum atomic E-state index is -0.415. The first-order valence-corrected chi connectivity index (χ1v) is 10.3. The Bertz CT molecular complexity index is 1020. The third-order valence-electron chi connectivity index (χ3n) is 4.51. The number of aliphatic hydroxyl groups is 1. The van der Waals surface area contributed by atoms with Gasteiger partial charge in [0.25, 0.3) is 5.69 Å². The van der Waals surface area contributed by atoms with E-state index in [2.05, 4.69) is 9.56 Å². The molecule has 0 aliphatic heterocycles. The van der Waals surface area contributed by atoms with Crippen LogP contribution in [0.25, 0.3) is 11.3 Å². The third kappa shape index (κ3) is 6.32. The van der Waals surface area contributed by atoms with Crippen LogP contribution < -0.4 is 4.80 Å². The molecule has 0 aliphatic carbocycles. The molecule has 0 spiro atoms. The molecule has 1 N–H and O–H groups in total. The van der Waals surface area contributed by atoms with Gasteiger partial charge in [-0.2, -0.15) is 0 Å². The minimum Gasteiger partial charge on any atom is -0.396 e. The maximum absolute atomic E-state index is 13.2. The molecule has 9 heteroatoms. The normalized spacial score (nSPS) is 11.3. The molecule has 160 valence electrons. The summed E-state index contributed by atoms with van der Waals surface area (Å²) in [7, 11) is 0. The number of thiazole rings is 1. The summed E-state index contributed by atoms with van der Waals surface area (Å²) in [4.78, 5) is 15.9. The van der Waals surface area contributed by atoms with E-state index in [0.29, 0.717) is 5.69 Å². The van der Waals surface area contributed by atoms with Gasteiger partial charge in [0, 0.05) is 30.7 Å². The van der Waals surface area contributed by atoms with Crippen molar-refractivity contribution in [2.45, 2.75) is 32.2 Å². The highest BCUT2D eigenvalue weighted by Crippen LogP contribution is 2.24. The SMILES string of the molecule is Br.O=[N+]([O-])c1ccc(-c2csc(=Nc3ccc(F)cc3)n2CCCCCCO)cc1. The number of unbranched alkanes of at least 4 members (excludes halogenated alkanes) is 3. The van der Waals surface area contributed by atoms with Crippen LogP contribution in [0.2, 0.25) is 0 Å². The smallest absolute Gasteiger partial charge is 0.269 e. The summed E-state index contributed by atoms with van der Waals surface area (Å²) in [6.07, 6.45) is 3.65. The molecule has 2 aromatic carbocycles. The number of aromatic nitrogens is 1. The fourth-order valence-electron chi connectivity index (χ4n) is 2.98. The first-order chi connectivity index (χ1) is 14.1. The average molecular weight is 496 g/mol. The van der Waals surface area contributed by atoms with Crippen molar-refractivity contribution in [3.63, 3.8) is 0 Å². The Balaban J connectivity index is 0.00000320. The summed E-state index contributed by atoms with van der Waals surface area (Å²) < 4.78 is 15.3. The Morgan fingerprint density at radius 3 is 2.33 bits per heavy atom. The van der Waals surface area contributed by atoms with Crippen molar-refractivity contribution in [3.8, 4) is 11.3 Å². The zero-order valence-electron chi connectivity index (χ0n) is 16.2. The van der Waals surface area contributed by atoms with Crippen LogP contribution in [0.5, 0.6) is 0 Å².